The summed E-state index contributed by atoms with van der Waals surface area (Å²) in [5, 5.41) is 29.1. The third kappa shape index (κ3) is 2.51. The molecule has 104 valence electrons. The van der Waals surface area contributed by atoms with Crippen molar-refractivity contribution in [1.82, 2.24) is 4.90 Å². The van der Waals surface area contributed by atoms with Gasteiger partial charge in [-0.05, 0) is 17.7 Å². The number of carbonyl (C=O) groups is 1. The molecule has 1 amide bonds. The summed E-state index contributed by atoms with van der Waals surface area (Å²) in [6.07, 6.45) is -2.43. The van der Waals surface area contributed by atoms with Crippen molar-refractivity contribution in [2.24, 2.45) is 0 Å². The molecule has 0 unspecified atom stereocenters. The lowest BCUT2D eigenvalue weighted by atomic mass is 9.82. The van der Waals surface area contributed by atoms with E-state index in [0.29, 0.717) is 0 Å². The second-order valence-electron chi connectivity index (χ2n) is 4.55. The fraction of sp³-hybridized carbons (Fsp3) is 0.417. The van der Waals surface area contributed by atoms with Crippen LogP contribution < -0.4 is 0 Å². The van der Waals surface area contributed by atoms with Gasteiger partial charge in [-0.2, -0.15) is 0 Å². The van der Waals surface area contributed by atoms with E-state index >= 15 is 0 Å². The number of hydrogen-bond donors (Lipinski definition) is 3. The molecule has 0 aliphatic carbocycles. The van der Waals surface area contributed by atoms with E-state index in [9.17, 15) is 19.4 Å². The molecule has 0 spiro atoms. The molecule has 1 aromatic carbocycles. The minimum Gasteiger partial charge on any atom is -0.465 e. The first-order valence-corrected chi connectivity index (χ1v) is 6.06. The molecule has 2 rings (SSSR count). The van der Waals surface area contributed by atoms with Gasteiger partial charge in [0.15, 0.2) is 0 Å². The second kappa shape index (κ2) is 4.96. The van der Waals surface area contributed by atoms with Gasteiger partial charge in [-0.15, -0.1) is 0 Å². The lowest BCUT2D eigenvalue weighted by molar-refractivity contribution is -0.119. The number of carboxylic acid groups (broad SMARTS) is 1. The summed E-state index contributed by atoms with van der Waals surface area (Å²) in [5.74, 6) is -0.619. The molecule has 2 atom stereocenters. The third-order valence-electron chi connectivity index (χ3n) is 3.40. The van der Waals surface area contributed by atoms with Crippen LogP contribution in [-0.4, -0.2) is 45.5 Å². The number of amides is 1. The average Bonchev–Trinajstić information content (AvgIpc) is 2.35. The van der Waals surface area contributed by atoms with Crippen LogP contribution in [-0.2, 0) is 5.60 Å². The van der Waals surface area contributed by atoms with Gasteiger partial charge in [-0.25, -0.2) is 9.18 Å². The Kier molecular flexibility index (Phi) is 3.66. The normalized spacial score (nSPS) is 27.4. The first kappa shape index (κ1) is 14.0. The largest absolute Gasteiger partial charge is 0.465 e. The van der Waals surface area contributed by atoms with Crippen LogP contribution in [0.2, 0.25) is 5.02 Å². The van der Waals surface area contributed by atoms with Crippen LogP contribution in [0.25, 0.3) is 0 Å². The molecule has 1 aliphatic rings. The first-order valence-electron chi connectivity index (χ1n) is 5.68. The standard InChI is InChI=1S/C12H13ClFNO4/c13-8-5-7(1-2-9(8)14)12(19)3-4-15(11(17)18)6-10(12)16/h1-2,5,10,16,19H,3-4,6H2,(H,17,18)/t10-,12-/m0/s1. The highest BCUT2D eigenvalue weighted by molar-refractivity contribution is 6.30. The molecule has 7 heteroatoms. The molecular formula is C12H13ClFNO4. The molecule has 19 heavy (non-hydrogen) atoms. The summed E-state index contributed by atoms with van der Waals surface area (Å²) in [5.41, 5.74) is -1.35. The minimum atomic E-state index is -1.62. The zero-order valence-corrected chi connectivity index (χ0v) is 10.6. The van der Waals surface area contributed by atoms with E-state index in [-0.39, 0.29) is 30.1 Å². The van der Waals surface area contributed by atoms with Crippen LogP contribution in [0.1, 0.15) is 12.0 Å². The minimum absolute atomic E-state index is 0.0163. The molecule has 1 heterocycles. The fourth-order valence-electron chi connectivity index (χ4n) is 2.20. The van der Waals surface area contributed by atoms with Gasteiger partial charge in [-0.3, -0.25) is 0 Å². The van der Waals surface area contributed by atoms with E-state index in [1.54, 1.807) is 0 Å². The molecule has 3 N–H and O–H groups in total. The lowest BCUT2D eigenvalue weighted by Crippen LogP contribution is -2.54. The van der Waals surface area contributed by atoms with Gasteiger partial charge in [0.2, 0.25) is 0 Å². The van der Waals surface area contributed by atoms with Crippen molar-refractivity contribution in [3.05, 3.63) is 34.6 Å². The number of aliphatic hydroxyl groups excluding tert-OH is 1. The number of rotatable bonds is 1. The van der Waals surface area contributed by atoms with E-state index in [4.69, 9.17) is 16.7 Å². The SMILES string of the molecule is O=C(O)N1CC[C@](O)(c2ccc(F)c(Cl)c2)[C@@H](O)C1. The van der Waals surface area contributed by atoms with Crippen molar-refractivity contribution in [2.75, 3.05) is 13.1 Å². The quantitative estimate of drug-likeness (QED) is 0.730. The molecule has 0 aromatic heterocycles. The van der Waals surface area contributed by atoms with Gasteiger partial charge in [0.05, 0.1) is 11.6 Å². The summed E-state index contributed by atoms with van der Waals surface area (Å²) in [6, 6.07) is 3.68. The van der Waals surface area contributed by atoms with Gasteiger partial charge < -0.3 is 20.2 Å². The number of hydrogen-bond acceptors (Lipinski definition) is 3. The monoisotopic (exact) mass is 289 g/mol. The Bertz CT molecular complexity index is 513. The van der Waals surface area contributed by atoms with Gasteiger partial charge in [0, 0.05) is 13.0 Å². The Morgan fingerprint density at radius 3 is 2.74 bits per heavy atom. The van der Waals surface area contributed by atoms with E-state index in [1.165, 1.54) is 12.1 Å². The number of likely N-dealkylation sites (tertiary alicyclic amines) is 1. The van der Waals surface area contributed by atoms with E-state index in [2.05, 4.69) is 0 Å². The number of nitrogens with zero attached hydrogens (tertiary/aromatic N) is 1. The predicted octanol–water partition coefficient (Wildman–Crippen LogP) is 1.41. The van der Waals surface area contributed by atoms with Crippen molar-refractivity contribution < 1.29 is 24.5 Å². The highest BCUT2D eigenvalue weighted by atomic mass is 35.5. The highest BCUT2D eigenvalue weighted by Crippen LogP contribution is 2.34. The van der Waals surface area contributed by atoms with Crippen molar-refractivity contribution in [3.63, 3.8) is 0 Å². The summed E-state index contributed by atoms with van der Waals surface area (Å²) >= 11 is 5.65. The molecule has 0 saturated carbocycles. The maximum absolute atomic E-state index is 13.1. The van der Waals surface area contributed by atoms with E-state index in [1.807, 2.05) is 0 Å². The first-order chi connectivity index (χ1) is 8.84. The summed E-state index contributed by atoms with van der Waals surface area (Å²) < 4.78 is 13.1. The lowest BCUT2D eigenvalue weighted by Gasteiger charge is -2.41. The Morgan fingerprint density at radius 2 is 2.21 bits per heavy atom. The van der Waals surface area contributed by atoms with Crippen LogP contribution in [0.4, 0.5) is 9.18 Å². The van der Waals surface area contributed by atoms with Crippen LogP contribution in [0.3, 0.4) is 0 Å². The molecule has 1 fully saturated rings. The second-order valence-corrected chi connectivity index (χ2v) is 4.95. The smallest absolute Gasteiger partial charge is 0.407 e. The summed E-state index contributed by atoms with van der Waals surface area (Å²) in [6.45, 7) is -0.126. The van der Waals surface area contributed by atoms with Gasteiger partial charge in [0.1, 0.15) is 17.5 Å². The van der Waals surface area contributed by atoms with Gasteiger partial charge in [0.25, 0.3) is 0 Å². The highest BCUT2D eigenvalue weighted by Gasteiger charge is 2.43. The van der Waals surface area contributed by atoms with Gasteiger partial charge in [-0.1, -0.05) is 17.7 Å². The van der Waals surface area contributed by atoms with Crippen LogP contribution >= 0.6 is 11.6 Å². The topological polar surface area (TPSA) is 81.0 Å². The number of aliphatic hydroxyl groups is 2. The van der Waals surface area contributed by atoms with Crippen molar-refractivity contribution in [3.8, 4) is 0 Å². The molecule has 1 aromatic rings. The third-order valence-corrected chi connectivity index (χ3v) is 3.69. The predicted molar refractivity (Wildman–Crippen MR) is 65.5 cm³/mol. The Morgan fingerprint density at radius 1 is 1.53 bits per heavy atom. The molecule has 0 radical (unpaired) electrons. The fourth-order valence-corrected chi connectivity index (χ4v) is 2.38. The zero-order chi connectivity index (χ0) is 14.2. The molecule has 0 bridgehead atoms. The zero-order valence-electron chi connectivity index (χ0n) is 9.88. The van der Waals surface area contributed by atoms with Crippen molar-refractivity contribution in [2.45, 2.75) is 18.1 Å². The maximum Gasteiger partial charge on any atom is 0.407 e. The van der Waals surface area contributed by atoms with Crippen LogP contribution in [0.5, 0.6) is 0 Å². The van der Waals surface area contributed by atoms with E-state index < -0.39 is 23.6 Å². The molecule has 1 aliphatic heterocycles. The number of β-amino-alcohol motifs (C(OH)–C–C–N with tert-alkyl or cyclic N) is 1. The molecule has 5 nitrogen and oxygen atoms in total. The van der Waals surface area contributed by atoms with Gasteiger partial charge >= 0.3 is 6.09 Å². The van der Waals surface area contributed by atoms with Crippen molar-refractivity contribution >= 4 is 17.7 Å². The number of benzene rings is 1. The Hall–Kier alpha value is -1.37. The molecular weight excluding hydrogens is 277 g/mol. The van der Waals surface area contributed by atoms with Crippen LogP contribution in [0, 0.1) is 5.82 Å². The van der Waals surface area contributed by atoms with Crippen molar-refractivity contribution in [1.29, 1.82) is 0 Å². The van der Waals surface area contributed by atoms with Crippen LogP contribution in [0.15, 0.2) is 18.2 Å². The maximum atomic E-state index is 13.1. The number of halogens is 2. The summed E-state index contributed by atoms with van der Waals surface area (Å²) in [4.78, 5) is 11.8. The Balaban J connectivity index is 2.28. The molecule has 1 saturated heterocycles. The Labute approximate surface area is 113 Å². The average molecular weight is 290 g/mol. The number of piperidine rings is 1. The van der Waals surface area contributed by atoms with E-state index in [0.717, 1.165) is 11.0 Å². The summed E-state index contributed by atoms with van der Waals surface area (Å²) in [7, 11) is 0.